The number of hydrogen-bond donors (Lipinski definition) is 3. The zero-order chi connectivity index (χ0) is 11.4. The maximum absolute atomic E-state index is 10.5. The van der Waals surface area contributed by atoms with Gasteiger partial charge in [-0.25, -0.2) is 14.8 Å². The van der Waals surface area contributed by atoms with Crippen molar-refractivity contribution in [3.8, 4) is 0 Å². The van der Waals surface area contributed by atoms with Gasteiger partial charge in [-0.2, -0.15) is 0 Å². The summed E-state index contributed by atoms with van der Waals surface area (Å²) in [5, 5.41) is 19.7. The van der Waals surface area contributed by atoms with Gasteiger partial charge in [0.1, 0.15) is 11.9 Å². The van der Waals surface area contributed by atoms with Crippen LogP contribution in [0.15, 0.2) is 12.4 Å². The molecule has 1 atom stereocenters. The molecule has 0 unspecified atom stereocenters. The van der Waals surface area contributed by atoms with Gasteiger partial charge in [0.05, 0.1) is 12.4 Å². The number of nitrogens with zero attached hydrogens (tertiary/aromatic N) is 2. The Labute approximate surface area is 84.8 Å². The number of aromatic nitrogens is 2. The van der Waals surface area contributed by atoms with E-state index in [9.17, 15) is 9.59 Å². The van der Waals surface area contributed by atoms with Crippen molar-refractivity contribution in [1.82, 2.24) is 9.97 Å². The molecule has 0 amide bonds. The molecule has 0 fully saturated rings. The third kappa shape index (κ3) is 2.90. The van der Waals surface area contributed by atoms with Crippen LogP contribution >= 0.6 is 0 Å². The Balaban J connectivity index is 2.72. The fourth-order valence-electron chi connectivity index (χ4n) is 0.797. The summed E-state index contributed by atoms with van der Waals surface area (Å²) in [5.74, 6) is -1.99. The first-order chi connectivity index (χ1) is 7.00. The number of carboxylic acid groups (broad SMARTS) is 2. The molecule has 7 heteroatoms. The van der Waals surface area contributed by atoms with Gasteiger partial charge >= 0.3 is 11.9 Å². The van der Waals surface area contributed by atoms with Crippen LogP contribution in [0.4, 0.5) is 5.82 Å². The SMILES string of the molecule is C[C@@H](Nc1cnc(C(=O)O)cn1)C(=O)O. The predicted molar refractivity (Wildman–Crippen MR) is 49.7 cm³/mol. The van der Waals surface area contributed by atoms with Crippen molar-refractivity contribution >= 4 is 17.8 Å². The van der Waals surface area contributed by atoms with E-state index >= 15 is 0 Å². The van der Waals surface area contributed by atoms with Gasteiger partial charge in [0.25, 0.3) is 0 Å². The van der Waals surface area contributed by atoms with E-state index in [1.54, 1.807) is 0 Å². The van der Waals surface area contributed by atoms with Crippen molar-refractivity contribution in [2.75, 3.05) is 5.32 Å². The molecule has 0 saturated carbocycles. The van der Waals surface area contributed by atoms with Gasteiger partial charge in [-0.05, 0) is 6.92 Å². The number of carbonyl (C=O) groups is 2. The van der Waals surface area contributed by atoms with E-state index in [2.05, 4.69) is 15.3 Å². The summed E-state index contributed by atoms with van der Waals surface area (Å²) < 4.78 is 0. The van der Waals surface area contributed by atoms with Crippen LogP contribution in [0.25, 0.3) is 0 Å². The van der Waals surface area contributed by atoms with Crippen LogP contribution in [0.5, 0.6) is 0 Å². The Morgan fingerprint density at radius 1 is 1.33 bits per heavy atom. The van der Waals surface area contributed by atoms with Gasteiger partial charge in [-0.3, -0.25) is 4.79 Å². The first-order valence-electron chi connectivity index (χ1n) is 4.05. The first kappa shape index (κ1) is 10.9. The molecule has 0 aliphatic heterocycles. The summed E-state index contributed by atoms with van der Waals surface area (Å²) >= 11 is 0. The molecule has 1 rings (SSSR count). The highest BCUT2D eigenvalue weighted by atomic mass is 16.4. The van der Waals surface area contributed by atoms with Crippen LogP contribution in [-0.2, 0) is 4.79 Å². The maximum Gasteiger partial charge on any atom is 0.356 e. The third-order valence-corrected chi connectivity index (χ3v) is 1.61. The lowest BCUT2D eigenvalue weighted by Crippen LogP contribution is -2.26. The van der Waals surface area contributed by atoms with Crippen molar-refractivity contribution in [2.24, 2.45) is 0 Å². The highest BCUT2D eigenvalue weighted by Gasteiger charge is 2.11. The average molecular weight is 211 g/mol. The van der Waals surface area contributed by atoms with E-state index in [0.717, 1.165) is 6.20 Å². The Kier molecular flexibility index (Phi) is 3.17. The molecule has 1 aromatic heterocycles. The lowest BCUT2D eigenvalue weighted by molar-refractivity contribution is -0.137. The number of aromatic carboxylic acids is 1. The molecule has 1 heterocycles. The van der Waals surface area contributed by atoms with Gasteiger partial charge in [0, 0.05) is 0 Å². The smallest absolute Gasteiger partial charge is 0.356 e. The minimum absolute atomic E-state index is 0.191. The number of anilines is 1. The fourth-order valence-corrected chi connectivity index (χ4v) is 0.797. The Bertz CT molecular complexity index is 376. The molecule has 80 valence electrons. The molecular weight excluding hydrogens is 202 g/mol. The van der Waals surface area contributed by atoms with Crippen molar-refractivity contribution in [3.05, 3.63) is 18.1 Å². The van der Waals surface area contributed by atoms with E-state index in [0.29, 0.717) is 0 Å². The molecule has 0 spiro atoms. The average Bonchev–Trinajstić information content (AvgIpc) is 2.18. The number of nitrogens with one attached hydrogen (secondary N) is 1. The fraction of sp³-hybridized carbons (Fsp3) is 0.250. The number of rotatable bonds is 4. The van der Waals surface area contributed by atoms with Crippen LogP contribution in [0.1, 0.15) is 17.4 Å². The molecule has 0 aliphatic rings. The highest BCUT2D eigenvalue weighted by Crippen LogP contribution is 2.03. The summed E-state index contributed by atoms with van der Waals surface area (Å²) in [6, 6.07) is -0.810. The molecule has 1 aromatic rings. The number of hydrogen-bond acceptors (Lipinski definition) is 5. The van der Waals surface area contributed by atoms with Gasteiger partial charge in [0.15, 0.2) is 5.69 Å². The second-order valence-corrected chi connectivity index (χ2v) is 2.80. The molecule has 0 saturated heterocycles. The summed E-state index contributed by atoms with van der Waals surface area (Å²) in [6.45, 7) is 1.44. The normalized spacial score (nSPS) is 11.8. The van der Waals surface area contributed by atoms with Crippen molar-refractivity contribution in [2.45, 2.75) is 13.0 Å². The van der Waals surface area contributed by atoms with Crippen molar-refractivity contribution < 1.29 is 19.8 Å². The minimum atomic E-state index is -1.18. The lowest BCUT2D eigenvalue weighted by Gasteiger charge is -2.08. The molecule has 15 heavy (non-hydrogen) atoms. The van der Waals surface area contributed by atoms with Crippen LogP contribution in [0.2, 0.25) is 0 Å². The van der Waals surface area contributed by atoms with Crippen LogP contribution in [-0.4, -0.2) is 38.2 Å². The maximum atomic E-state index is 10.5. The summed E-state index contributed by atoms with van der Waals surface area (Å²) in [6.07, 6.45) is 2.22. The van der Waals surface area contributed by atoms with Crippen molar-refractivity contribution in [1.29, 1.82) is 0 Å². The lowest BCUT2D eigenvalue weighted by atomic mass is 10.3. The molecule has 3 N–H and O–H groups in total. The minimum Gasteiger partial charge on any atom is -0.480 e. The highest BCUT2D eigenvalue weighted by molar-refractivity contribution is 5.85. The van der Waals surface area contributed by atoms with Gasteiger partial charge in [0.2, 0.25) is 0 Å². The van der Waals surface area contributed by atoms with Gasteiger partial charge in [-0.1, -0.05) is 0 Å². The molecule has 7 nitrogen and oxygen atoms in total. The molecule has 0 radical (unpaired) electrons. The molecule has 0 aliphatic carbocycles. The standard InChI is InChI=1S/C8H9N3O4/c1-4(7(12)13)11-6-3-9-5(2-10-6)8(14)15/h2-4H,1H3,(H,10,11)(H,12,13)(H,14,15)/t4-/m1/s1. The van der Waals surface area contributed by atoms with E-state index in [1.165, 1.54) is 13.1 Å². The number of aliphatic carboxylic acids is 1. The quantitative estimate of drug-likeness (QED) is 0.645. The van der Waals surface area contributed by atoms with Crippen LogP contribution in [0.3, 0.4) is 0 Å². The van der Waals surface area contributed by atoms with E-state index < -0.39 is 18.0 Å². The zero-order valence-corrected chi connectivity index (χ0v) is 7.84. The van der Waals surface area contributed by atoms with E-state index in [-0.39, 0.29) is 11.5 Å². The van der Waals surface area contributed by atoms with E-state index in [1.807, 2.05) is 0 Å². The molecule has 0 aromatic carbocycles. The third-order valence-electron chi connectivity index (χ3n) is 1.61. The predicted octanol–water partition coefficient (Wildman–Crippen LogP) is 0.0598. The molecule has 0 bridgehead atoms. The van der Waals surface area contributed by atoms with Crippen molar-refractivity contribution in [3.63, 3.8) is 0 Å². The number of carboxylic acids is 2. The first-order valence-corrected chi connectivity index (χ1v) is 4.05. The second-order valence-electron chi connectivity index (χ2n) is 2.80. The summed E-state index contributed by atoms with van der Waals surface area (Å²) in [4.78, 5) is 28.2. The van der Waals surface area contributed by atoms with Crippen LogP contribution in [0, 0.1) is 0 Å². The topological polar surface area (TPSA) is 112 Å². The summed E-state index contributed by atoms with van der Waals surface area (Å²) in [7, 11) is 0. The second kappa shape index (κ2) is 4.36. The van der Waals surface area contributed by atoms with Crippen LogP contribution < -0.4 is 5.32 Å². The molecular formula is C8H9N3O4. The summed E-state index contributed by atoms with van der Waals surface area (Å²) in [5.41, 5.74) is -0.191. The van der Waals surface area contributed by atoms with E-state index in [4.69, 9.17) is 10.2 Å². The Morgan fingerprint density at radius 2 is 2.00 bits per heavy atom. The Morgan fingerprint density at radius 3 is 2.40 bits per heavy atom. The van der Waals surface area contributed by atoms with Gasteiger partial charge in [-0.15, -0.1) is 0 Å². The Hall–Kier alpha value is -2.18. The zero-order valence-electron chi connectivity index (χ0n) is 7.84. The monoisotopic (exact) mass is 211 g/mol. The largest absolute Gasteiger partial charge is 0.480 e. The van der Waals surface area contributed by atoms with Gasteiger partial charge < -0.3 is 15.5 Å².